The number of nitriles is 1. The molecule has 1 aromatic rings. The first-order chi connectivity index (χ1) is 5.63. The van der Waals surface area contributed by atoms with Crippen LogP contribution < -0.4 is 0 Å². The number of halogens is 1. The smallest absolute Gasteiger partial charge is 0.358 e. The van der Waals surface area contributed by atoms with E-state index in [2.05, 4.69) is 20.9 Å². The molecule has 0 spiro atoms. The van der Waals surface area contributed by atoms with E-state index in [1.807, 2.05) is 0 Å². The first-order valence-electron chi connectivity index (χ1n) is 2.85. The summed E-state index contributed by atoms with van der Waals surface area (Å²) in [6.07, 6.45) is 0. The Bertz CT molecular complexity index is 372. The minimum atomic E-state index is -0.647. The molecule has 1 aromatic heterocycles. The third kappa shape index (κ3) is 1.77. The van der Waals surface area contributed by atoms with Gasteiger partial charge in [-0.15, -0.1) is 0 Å². The molecule has 60 valence electrons. The summed E-state index contributed by atoms with van der Waals surface area (Å²) < 4.78 is 0.285. The fourth-order valence-electron chi connectivity index (χ4n) is 0.641. The molecule has 0 radical (unpaired) electrons. The van der Waals surface area contributed by atoms with Gasteiger partial charge in [-0.3, -0.25) is 0 Å². The minimum absolute atomic E-state index is 0.212. The summed E-state index contributed by atoms with van der Waals surface area (Å²) in [5, 5.41) is 18.7. The number of hydrogen-bond donors (Lipinski definition) is 0. The number of aromatic nitrogens is 1. The van der Waals surface area contributed by atoms with E-state index in [1.165, 1.54) is 6.07 Å². The molecule has 0 aliphatic rings. The lowest BCUT2D eigenvalue weighted by atomic mass is 10.3. The van der Waals surface area contributed by atoms with E-state index in [1.54, 1.807) is 6.07 Å². The van der Waals surface area contributed by atoms with Crippen LogP contribution in [0, 0.1) is 21.4 Å². The summed E-state index contributed by atoms with van der Waals surface area (Å²) in [6, 6.07) is 4.31. The lowest BCUT2D eigenvalue weighted by Crippen LogP contribution is -1.93. The van der Waals surface area contributed by atoms with E-state index >= 15 is 0 Å². The van der Waals surface area contributed by atoms with Crippen molar-refractivity contribution in [2.24, 2.45) is 0 Å². The Morgan fingerprint density at radius 2 is 2.33 bits per heavy atom. The van der Waals surface area contributed by atoms with Gasteiger partial charge in [0.2, 0.25) is 4.60 Å². The molecule has 0 aromatic carbocycles. The van der Waals surface area contributed by atoms with Gasteiger partial charge in [0.05, 0.1) is 17.7 Å². The SMILES string of the molecule is N#Cc1cc(Br)nc([N+](=O)[O-])c1. The maximum atomic E-state index is 10.2. The summed E-state index contributed by atoms with van der Waals surface area (Å²) in [5.74, 6) is -0.332. The van der Waals surface area contributed by atoms with Gasteiger partial charge in [-0.2, -0.15) is 5.26 Å². The average molecular weight is 228 g/mol. The van der Waals surface area contributed by atoms with Crippen LogP contribution in [0.3, 0.4) is 0 Å². The molecule has 0 saturated heterocycles. The molecule has 12 heavy (non-hydrogen) atoms. The number of hydrogen-bond acceptors (Lipinski definition) is 4. The van der Waals surface area contributed by atoms with E-state index in [0.717, 1.165) is 6.07 Å². The van der Waals surface area contributed by atoms with E-state index < -0.39 is 4.92 Å². The van der Waals surface area contributed by atoms with Crippen LogP contribution in [-0.2, 0) is 0 Å². The van der Waals surface area contributed by atoms with Crippen molar-refractivity contribution in [2.45, 2.75) is 0 Å². The predicted octanol–water partition coefficient (Wildman–Crippen LogP) is 1.62. The first-order valence-corrected chi connectivity index (χ1v) is 3.65. The molecule has 0 bridgehead atoms. The highest BCUT2D eigenvalue weighted by Crippen LogP contribution is 2.15. The topological polar surface area (TPSA) is 79.8 Å². The summed E-state index contributed by atoms with van der Waals surface area (Å²) in [5.41, 5.74) is 0.212. The molecule has 6 heteroatoms. The number of rotatable bonds is 1. The Kier molecular flexibility index (Phi) is 2.35. The van der Waals surface area contributed by atoms with Crippen molar-refractivity contribution < 1.29 is 4.92 Å². The van der Waals surface area contributed by atoms with Crippen LogP contribution in [0.4, 0.5) is 5.82 Å². The molecule has 0 atom stereocenters. The van der Waals surface area contributed by atoms with Crippen molar-refractivity contribution in [1.82, 2.24) is 4.98 Å². The molecular weight excluding hydrogens is 226 g/mol. The van der Waals surface area contributed by atoms with Gasteiger partial charge in [-0.25, -0.2) is 0 Å². The zero-order chi connectivity index (χ0) is 9.14. The van der Waals surface area contributed by atoms with Crippen molar-refractivity contribution >= 4 is 21.7 Å². The lowest BCUT2D eigenvalue weighted by molar-refractivity contribution is -0.389. The summed E-state index contributed by atoms with van der Waals surface area (Å²) in [7, 11) is 0. The highest BCUT2D eigenvalue weighted by Gasteiger charge is 2.10. The van der Waals surface area contributed by atoms with Crippen molar-refractivity contribution in [3.8, 4) is 6.07 Å². The lowest BCUT2D eigenvalue weighted by Gasteiger charge is -1.91. The Morgan fingerprint density at radius 3 is 2.83 bits per heavy atom. The molecule has 0 fully saturated rings. The molecular formula is C6H2BrN3O2. The van der Waals surface area contributed by atoms with Crippen LogP contribution in [0.1, 0.15) is 5.56 Å². The summed E-state index contributed by atoms with van der Waals surface area (Å²) in [6.45, 7) is 0. The standard InChI is InChI=1S/C6H2BrN3O2/c7-5-1-4(3-8)2-6(9-5)10(11)12/h1-2H. The van der Waals surface area contributed by atoms with Crippen LogP contribution in [0.15, 0.2) is 16.7 Å². The fraction of sp³-hybridized carbons (Fsp3) is 0. The number of nitro groups is 1. The highest BCUT2D eigenvalue weighted by atomic mass is 79.9. The van der Waals surface area contributed by atoms with Gasteiger partial charge in [0, 0.05) is 22.0 Å². The second-order valence-corrected chi connectivity index (χ2v) is 2.72. The van der Waals surface area contributed by atoms with Crippen molar-refractivity contribution in [1.29, 1.82) is 5.26 Å². The summed E-state index contributed by atoms with van der Waals surface area (Å²) in [4.78, 5) is 13.1. The molecule has 0 amide bonds. The van der Waals surface area contributed by atoms with Crippen LogP contribution in [0.5, 0.6) is 0 Å². The monoisotopic (exact) mass is 227 g/mol. The van der Waals surface area contributed by atoms with E-state index in [-0.39, 0.29) is 16.0 Å². The maximum absolute atomic E-state index is 10.2. The first kappa shape index (κ1) is 8.62. The van der Waals surface area contributed by atoms with Crippen LogP contribution in [-0.4, -0.2) is 9.91 Å². The van der Waals surface area contributed by atoms with Gasteiger partial charge in [0.1, 0.15) is 0 Å². The summed E-state index contributed by atoms with van der Waals surface area (Å²) >= 11 is 2.96. The Balaban J connectivity index is 3.26. The third-order valence-electron chi connectivity index (χ3n) is 1.10. The third-order valence-corrected chi connectivity index (χ3v) is 1.50. The fourth-order valence-corrected chi connectivity index (χ4v) is 1.07. The largest absolute Gasteiger partial charge is 0.365 e. The van der Waals surface area contributed by atoms with Gasteiger partial charge in [-0.1, -0.05) is 0 Å². The molecule has 1 rings (SSSR count). The normalized spacial score (nSPS) is 9.00. The highest BCUT2D eigenvalue weighted by molar-refractivity contribution is 9.10. The Hall–Kier alpha value is -1.48. The molecule has 5 nitrogen and oxygen atoms in total. The Morgan fingerprint density at radius 1 is 1.67 bits per heavy atom. The molecule has 0 unspecified atom stereocenters. The van der Waals surface area contributed by atoms with Crippen molar-refractivity contribution in [3.63, 3.8) is 0 Å². The number of pyridine rings is 1. The maximum Gasteiger partial charge on any atom is 0.365 e. The van der Waals surface area contributed by atoms with Crippen LogP contribution in [0.25, 0.3) is 0 Å². The molecule has 0 aliphatic carbocycles. The molecule has 0 aliphatic heterocycles. The average Bonchev–Trinajstić information content (AvgIpc) is 2.03. The van der Waals surface area contributed by atoms with Gasteiger partial charge >= 0.3 is 5.82 Å². The molecule has 0 saturated carbocycles. The quantitative estimate of drug-likeness (QED) is 0.415. The van der Waals surface area contributed by atoms with Gasteiger partial charge in [0.15, 0.2) is 0 Å². The van der Waals surface area contributed by atoms with Crippen molar-refractivity contribution in [2.75, 3.05) is 0 Å². The van der Waals surface area contributed by atoms with Crippen LogP contribution >= 0.6 is 15.9 Å². The molecule has 1 heterocycles. The Labute approximate surface area is 75.9 Å². The van der Waals surface area contributed by atoms with Crippen molar-refractivity contribution in [3.05, 3.63) is 32.4 Å². The van der Waals surface area contributed by atoms with Gasteiger partial charge in [-0.05, 0) is 9.91 Å². The second kappa shape index (κ2) is 3.28. The van der Waals surface area contributed by atoms with Gasteiger partial charge < -0.3 is 10.1 Å². The zero-order valence-electron chi connectivity index (χ0n) is 5.69. The van der Waals surface area contributed by atoms with Gasteiger partial charge in [0.25, 0.3) is 0 Å². The van der Waals surface area contributed by atoms with E-state index in [9.17, 15) is 10.1 Å². The molecule has 0 N–H and O–H groups in total. The second-order valence-electron chi connectivity index (χ2n) is 1.91. The predicted molar refractivity (Wildman–Crippen MR) is 43.3 cm³/mol. The van der Waals surface area contributed by atoms with E-state index in [4.69, 9.17) is 5.26 Å². The zero-order valence-corrected chi connectivity index (χ0v) is 7.28. The number of nitrogens with zero attached hydrogens (tertiary/aromatic N) is 3. The van der Waals surface area contributed by atoms with Crippen LogP contribution in [0.2, 0.25) is 0 Å². The van der Waals surface area contributed by atoms with E-state index in [0.29, 0.717) is 0 Å². The minimum Gasteiger partial charge on any atom is -0.358 e.